The first-order chi connectivity index (χ1) is 10.3. The molecule has 0 bridgehead atoms. The highest BCUT2D eigenvalue weighted by molar-refractivity contribution is 5.86. The van der Waals surface area contributed by atoms with Crippen LogP contribution < -0.4 is 0 Å². The smallest absolute Gasteiger partial charge is 0.142 e. The molecular weight excluding hydrogens is 258 g/mol. The first-order valence-corrected chi connectivity index (χ1v) is 7.62. The van der Waals surface area contributed by atoms with Crippen molar-refractivity contribution in [3.63, 3.8) is 0 Å². The Hall–Kier alpha value is -1.93. The Balaban J connectivity index is 1.78. The van der Waals surface area contributed by atoms with Gasteiger partial charge in [0.05, 0.1) is 5.92 Å². The molecule has 0 radical (unpaired) electrons. The third-order valence-electron chi connectivity index (χ3n) is 4.48. The van der Waals surface area contributed by atoms with Gasteiger partial charge in [-0.2, -0.15) is 0 Å². The molecule has 0 aromatic heterocycles. The van der Waals surface area contributed by atoms with Crippen LogP contribution in [0.1, 0.15) is 36.4 Å². The highest BCUT2D eigenvalue weighted by Crippen LogP contribution is 2.29. The first-order valence-electron chi connectivity index (χ1n) is 7.62. The summed E-state index contributed by atoms with van der Waals surface area (Å²) >= 11 is 0. The van der Waals surface area contributed by atoms with E-state index in [-0.39, 0.29) is 5.92 Å². The van der Waals surface area contributed by atoms with E-state index in [2.05, 4.69) is 48.2 Å². The molecule has 1 heterocycles. The number of carbonyl (C=O) groups is 1. The minimum Gasteiger partial charge on any atom is -0.299 e. The Morgan fingerprint density at radius 1 is 1.00 bits per heavy atom. The van der Waals surface area contributed by atoms with Gasteiger partial charge in [0.15, 0.2) is 0 Å². The van der Waals surface area contributed by atoms with Gasteiger partial charge < -0.3 is 0 Å². The van der Waals surface area contributed by atoms with Crippen LogP contribution in [0.25, 0.3) is 0 Å². The maximum atomic E-state index is 12.3. The molecule has 1 aliphatic heterocycles. The fourth-order valence-electron chi connectivity index (χ4n) is 3.13. The Morgan fingerprint density at radius 2 is 1.62 bits per heavy atom. The number of benzene rings is 2. The van der Waals surface area contributed by atoms with Crippen molar-refractivity contribution in [2.45, 2.75) is 25.3 Å². The topological polar surface area (TPSA) is 20.3 Å². The summed E-state index contributed by atoms with van der Waals surface area (Å²) in [6, 6.07) is 21.1. The number of Topliss-reactive ketones (excluding diaryl/α,β-unsaturated/α-hetero) is 1. The monoisotopic (exact) mass is 279 g/mol. The SMILES string of the molecule is C[C@H](c1ccccc1)N1CCC(=O)C(c2ccccc2)C1. The predicted octanol–water partition coefficient (Wildman–Crippen LogP) is 3.81. The maximum Gasteiger partial charge on any atom is 0.142 e. The van der Waals surface area contributed by atoms with Crippen molar-refractivity contribution in [2.75, 3.05) is 13.1 Å². The number of piperidine rings is 1. The molecule has 2 heteroatoms. The van der Waals surface area contributed by atoms with Crippen LogP contribution in [-0.2, 0) is 4.79 Å². The lowest BCUT2D eigenvalue weighted by atomic mass is 9.88. The van der Waals surface area contributed by atoms with E-state index in [1.165, 1.54) is 5.56 Å². The van der Waals surface area contributed by atoms with Crippen molar-refractivity contribution in [1.29, 1.82) is 0 Å². The molecule has 108 valence electrons. The molecular formula is C19H21NO. The number of nitrogens with zero attached hydrogens (tertiary/aromatic N) is 1. The lowest BCUT2D eigenvalue weighted by molar-refractivity contribution is -0.123. The molecule has 2 atom stereocenters. The van der Waals surface area contributed by atoms with Crippen LogP contribution in [0.2, 0.25) is 0 Å². The van der Waals surface area contributed by atoms with Gasteiger partial charge >= 0.3 is 0 Å². The summed E-state index contributed by atoms with van der Waals surface area (Å²) in [5.74, 6) is 0.392. The summed E-state index contributed by atoms with van der Waals surface area (Å²) in [6.45, 7) is 3.91. The largest absolute Gasteiger partial charge is 0.299 e. The standard InChI is InChI=1S/C19H21NO/c1-15(16-8-4-2-5-9-16)20-13-12-19(21)18(14-20)17-10-6-3-7-11-17/h2-11,15,18H,12-14H2,1H3/t15-,18?/m1/s1. The molecule has 0 spiro atoms. The van der Waals surface area contributed by atoms with Crippen molar-refractivity contribution in [2.24, 2.45) is 0 Å². The molecule has 1 unspecified atom stereocenters. The minimum atomic E-state index is 0.0195. The lowest BCUT2D eigenvalue weighted by Gasteiger charge is -2.36. The van der Waals surface area contributed by atoms with Crippen LogP contribution in [0, 0.1) is 0 Å². The second kappa shape index (κ2) is 6.23. The Bertz CT molecular complexity index is 593. The quantitative estimate of drug-likeness (QED) is 0.851. The van der Waals surface area contributed by atoms with E-state index < -0.39 is 0 Å². The van der Waals surface area contributed by atoms with Crippen LogP contribution in [0.5, 0.6) is 0 Å². The number of carbonyl (C=O) groups excluding carboxylic acids is 1. The molecule has 1 saturated heterocycles. The number of rotatable bonds is 3. The maximum absolute atomic E-state index is 12.3. The van der Waals surface area contributed by atoms with Gasteiger partial charge in [0.25, 0.3) is 0 Å². The van der Waals surface area contributed by atoms with Crippen LogP contribution in [0.15, 0.2) is 60.7 Å². The second-order valence-corrected chi connectivity index (χ2v) is 5.76. The molecule has 2 aromatic carbocycles. The van der Waals surface area contributed by atoms with Crippen molar-refractivity contribution in [3.05, 3.63) is 71.8 Å². The van der Waals surface area contributed by atoms with Crippen molar-refractivity contribution < 1.29 is 4.79 Å². The fraction of sp³-hybridized carbons (Fsp3) is 0.316. The molecule has 0 saturated carbocycles. The number of likely N-dealkylation sites (tertiary alicyclic amines) is 1. The highest BCUT2D eigenvalue weighted by atomic mass is 16.1. The second-order valence-electron chi connectivity index (χ2n) is 5.76. The molecule has 2 nitrogen and oxygen atoms in total. The van der Waals surface area contributed by atoms with Crippen LogP contribution >= 0.6 is 0 Å². The molecule has 2 aromatic rings. The molecule has 0 N–H and O–H groups in total. The van der Waals surface area contributed by atoms with Crippen LogP contribution in [0.4, 0.5) is 0 Å². The zero-order valence-electron chi connectivity index (χ0n) is 12.4. The molecule has 0 aliphatic carbocycles. The van der Waals surface area contributed by atoms with Gasteiger partial charge in [-0.15, -0.1) is 0 Å². The Labute approximate surface area is 126 Å². The van der Waals surface area contributed by atoms with Gasteiger partial charge in [0.1, 0.15) is 5.78 Å². The summed E-state index contributed by atoms with van der Waals surface area (Å²) in [5, 5.41) is 0. The van der Waals surface area contributed by atoms with Gasteiger partial charge in [-0.3, -0.25) is 9.69 Å². The van der Waals surface area contributed by atoms with E-state index in [1.54, 1.807) is 0 Å². The third kappa shape index (κ3) is 3.06. The molecule has 3 rings (SSSR count). The normalized spacial score (nSPS) is 21.2. The summed E-state index contributed by atoms with van der Waals surface area (Å²) in [4.78, 5) is 14.7. The van der Waals surface area contributed by atoms with Crippen molar-refractivity contribution in [1.82, 2.24) is 4.90 Å². The average molecular weight is 279 g/mol. The van der Waals surface area contributed by atoms with Gasteiger partial charge in [-0.1, -0.05) is 60.7 Å². The summed E-state index contributed by atoms with van der Waals surface area (Å²) < 4.78 is 0. The summed E-state index contributed by atoms with van der Waals surface area (Å²) in [7, 11) is 0. The zero-order chi connectivity index (χ0) is 14.7. The first kappa shape index (κ1) is 14.0. The lowest BCUT2D eigenvalue weighted by Crippen LogP contribution is -2.40. The van der Waals surface area contributed by atoms with Gasteiger partial charge in [0.2, 0.25) is 0 Å². The van der Waals surface area contributed by atoms with Crippen molar-refractivity contribution in [3.8, 4) is 0 Å². The van der Waals surface area contributed by atoms with E-state index in [9.17, 15) is 4.79 Å². The molecule has 1 fully saturated rings. The zero-order valence-corrected chi connectivity index (χ0v) is 12.4. The van der Waals surface area contributed by atoms with Crippen molar-refractivity contribution >= 4 is 5.78 Å². The Kier molecular flexibility index (Phi) is 4.16. The van der Waals surface area contributed by atoms with E-state index in [4.69, 9.17) is 0 Å². The Morgan fingerprint density at radius 3 is 2.29 bits per heavy atom. The van der Waals surface area contributed by atoms with E-state index in [0.717, 1.165) is 18.7 Å². The van der Waals surface area contributed by atoms with E-state index in [0.29, 0.717) is 18.2 Å². The number of hydrogen-bond acceptors (Lipinski definition) is 2. The molecule has 21 heavy (non-hydrogen) atoms. The van der Waals surface area contributed by atoms with E-state index >= 15 is 0 Å². The predicted molar refractivity (Wildman–Crippen MR) is 85.2 cm³/mol. The fourth-order valence-corrected chi connectivity index (χ4v) is 3.13. The van der Waals surface area contributed by atoms with E-state index in [1.807, 2.05) is 24.3 Å². The van der Waals surface area contributed by atoms with Gasteiger partial charge in [-0.05, 0) is 18.1 Å². The minimum absolute atomic E-state index is 0.0195. The number of ketones is 1. The van der Waals surface area contributed by atoms with Gasteiger partial charge in [-0.25, -0.2) is 0 Å². The average Bonchev–Trinajstić information content (AvgIpc) is 2.56. The molecule has 1 aliphatic rings. The van der Waals surface area contributed by atoms with Crippen LogP contribution in [0.3, 0.4) is 0 Å². The van der Waals surface area contributed by atoms with Crippen LogP contribution in [-0.4, -0.2) is 23.8 Å². The molecule has 0 amide bonds. The summed E-state index contributed by atoms with van der Waals surface area (Å²) in [5.41, 5.74) is 2.46. The number of hydrogen-bond donors (Lipinski definition) is 0. The highest BCUT2D eigenvalue weighted by Gasteiger charge is 2.30. The summed E-state index contributed by atoms with van der Waals surface area (Å²) in [6.07, 6.45) is 0.650. The van der Waals surface area contributed by atoms with Gasteiger partial charge in [0, 0.05) is 25.6 Å². The third-order valence-corrected chi connectivity index (χ3v) is 4.48.